The van der Waals surface area contributed by atoms with E-state index in [1.165, 1.54) is 66.8 Å². The van der Waals surface area contributed by atoms with Gasteiger partial charge in [0, 0.05) is 81.5 Å². The Labute approximate surface area is 652 Å². The van der Waals surface area contributed by atoms with Crippen LogP contribution in [0.1, 0.15) is 188 Å². The van der Waals surface area contributed by atoms with E-state index in [4.69, 9.17) is 9.47 Å². The number of alkyl halides is 8. The molecule has 34 heteroatoms. The van der Waals surface area contributed by atoms with Crippen LogP contribution < -0.4 is 16.0 Å². The van der Waals surface area contributed by atoms with Gasteiger partial charge in [0.1, 0.15) is 72.1 Å². The molecule has 3 N–H and O–H groups in total. The van der Waals surface area contributed by atoms with Gasteiger partial charge >= 0.3 is 12.4 Å². The minimum absolute atomic E-state index is 0.00991. The van der Waals surface area contributed by atoms with Gasteiger partial charge in [0.15, 0.2) is 0 Å². The Balaban J connectivity index is 1.11. The summed E-state index contributed by atoms with van der Waals surface area (Å²) in [5, 5.41) is 8.52. The molecule has 4 aliphatic heterocycles. The van der Waals surface area contributed by atoms with Crippen LogP contribution in [0.3, 0.4) is 0 Å². The van der Waals surface area contributed by atoms with Crippen LogP contribution in [0, 0.1) is 47.3 Å². The number of amides is 12. The summed E-state index contributed by atoms with van der Waals surface area (Å²) in [5.74, 6) is -16.5. The lowest BCUT2D eigenvalue weighted by molar-refractivity contribution is -0.219. The third kappa shape index (κ3) is 21.5. The van der Waals surface area contributed by atoms with Gasteiger partial charge in [-0.05, 0) is 164 Å². The summed E-state index contributed by atoms with van der Waals surface area (Å²) < 4.78 is 128. The fourth-order valence-electron chi connectivity index (χ4n) is 18.1. The van der Waals surface area contributed by atoms with Crippen LogP contribution >= 0.6 is 0 Å². The molecule has 2 unspecified atom stereocenters. The van der Waals surface area contributed by atoms with Gasteiger partial charge in [-0.3, -0.25) is 57.5 Å². The molecule has 5 saturated carbocycles. The number of fused-ring (bicyclic) bond motifs is 3. The van der Waals surface area contributed by atoms with E-state index < -0.39 is 230 Å². The highest BCUT2D eigenvalue weighted by atomic mass is 19.4. The second-order valence-electron chi connectivity index (χ2n) is 34.2. The number of likely N-dealkylation sites (N-methyl/N-ethyl adjacent to an activating group) is 6. The number of rotatable bonds is 14. The van der Waals surface area contributed by atoms with Gasteiger partial charge in [-0.25, -0.2) is 8.78 Å². The van der Waals surface area contributed by atoms with E-state index in [1.807, 2.05) is 13.8 Å². The molecule has 2 bridgehead atoms. The van der Waals surface area contributed by atoms with E-state index in [2.05, 4.69) is 16.0 Å². The predicted molar refractivity (Wildman–Crippen MR) is 392 cm³/mol. The Morgan fingerprint density at radius 1 is 0.589 bits per heavy atom. The zero-order valence-electron chi connectivity index (χ0n) is 66.8. The SMILES string of the molecule is CC[C@H](C)[C@@H]1NC(=O)[C@H](CC(C)C)N(C)C(=O)C[C@@H](C(=O)N2CCOCC2)N(C)C(=O)[C@H](C2CCCC2)N(C)C(=O)C2(CCC2)NC(=O)[C@@H]2C[C@@H](OCC3CC3)CN2C(=O)[C@H](CCC2CC(F)C(C(F)(F)F)C(F)C2)NC(=O)CN(C)C(=O)[C@H](CC2CCC(C(F)(F)F)CC2)N2CCCC[C@@H](C2=O)N(C)C(=O)CN(C)C1=O. The van der Waals surface area contributed by atoms with Gasteiger partial charge in [-0.1, -0.05) is 47.0 Å². The van der Waals surface area contributed by atoms with Crippen molar-refractivity contribution in [2.24, 2.45) is 47.3 Å². The van der Waals surface area contributed by atoms with Crippen molar-refractivity contribution in [3.63, 3.8) is 0 Å². The quantitative estimate of drug-likeness (QED) is 0.160. The Morgan fingerprint density at radius 3 is 1.79 bits per heavy atom. The average molecular weight is 1600 g/mol. The van der Waals surface area contributed by atoms with E-state index in [9.17, 15) is 40.7 Å². The standard InChI is InChI=1S/C78H120F8N12O14/c1-11-46(4)65-73(108)91(6)43-63(101)92(7)56-19-14-15-30-97(72(56)107)60(38-47-22-25-51(26-23-47)77(81,82)83)70(105)90(5)42-61(99)87-55(27-24-49-36-53(79)64(54(80)37-49)78(84,85)86)69(104)98-41-52(112-44-48-20-21-48)39-58(98)68(103)89-76(28-16-29-76)75(110)95(10)66(50-17-12-13-18-50)74(109)94(9)59(71(106)96-31-33-111-34-32-96)40-62(100)93(8)57(35-45(2)3)67(102)88-65/h45-60,64-66H,11-44H2,1-10H3,(H,87,99)(H,88,102)(H,89,103)/t46-,47?,49?,51?,52+,53?,54?,55-,56-,57-,58-,59-,60-,64?,65-,66-/m0/s1. The molecule has 4 heterocycles. The van der Waals surface area contributed by atoms with Crippen molar-refractivity contribution in [2.75, 3.05) is 101 Å². The summed E-state index contributed by atoms with van der Waals surface area (Å²) in [6.07, 6.45) is -14.0. The maximum Gasteiger partial charge on any atom is 0.397 e. The van der Waals surface area contributed by atoms with Crippen molar-refractivity contribution in [1.29, 1.82) is 0 Å². The van der Waals surface area contributed by atoms with Crippen molar-refractivity contribution < 1.29 is 102 Å². The zero-order valence-corrected chi connectivity index (χ0v) is 66.8. The lowest BCUT2D eigenvalue weighted by Gasteiger charge is -2.47. The molecule has 0 aromatic carbocycles. The Bertz CT molecular complexity index is 3340. The van der Waals surface area contributed by atoms with Crippen LogP contribution in [0.15, 0.2) is 0 Å². The summed E-state index contributed by atoms with van der Waals surface area (Å²) in [6, 6.07) is -11.2. The second kappa shape index (κ2) is 38.2. The first-order valence-electron chi connectivity index (χ1n) is 40.7. The summed E-state index contributed by atoms with van der Waals surface area (Å²) in [7, 11) is 8.13. The molecule has 9 rings (SSSR count). The third-order valence-corrected chi connectivity index (χ3v) is 25.7. The molecule has 632 valence electrons. The van der Waals surface area contributed by atoms with E-state index >= 15 is 51.9 Å². The number of hydrogen-bond acceptors (Lipinski definition) is 14. The number of carbonyl (C=O) groups is 12. The number of hydrogen-bond donors (Lipinski definition) is 3. The zero-order chi connectivity index (χ0) is 82.2. The molecule has 0 aromatic rings. The molecular formula is C78H120F8N12O14. The van der Waals surface area contributed by atoms with Crippen molar-refractivity contribution in [1.82, 2.24) is 60.0 Å². The number of ether oxygens (including phenoxy) is 2. The monoisotopic (exact) mass is 1600 g/mol. The lowest BCUT2D eigenvalue weighted by atomic mass is 9.74. The number of carbonyl (C=O) groups excluding carboxylic acids is 12. The highest BCUT2D eigenvalue weighted by Gasteiger charge is 2.57. The molecule has 9 aliphatic rings. The minimum Gasteiger partial charge on any atom is -0.378 e. The van der Waals surface area contributed by atoms with Gasteiger partial charge < -0.3 is 69.5 Å². The molecule has 9 fully saturated rings. The van der Waals surface area contributed by atoms with E-state index in [0.717, 1.165) is 32.4 Å². The number of halogens is 8. The molecular weight excluding hydrogens is 1480 g/mol. The van der Waals surface area contributed by atoms with E-state index in [0.29, 0.717) is 44.9 Å². The fourth-order valence-corrected chi connectivity index (χ4v) is 18.1. The van der Waals surface area contributed by atoms with Crippen LogP contribution in [-0.4, -0.2) is 301 Å². The van der Waals surface area contributed by atoms with Gasteiger partial charge in [0.05, 0.1) is 44.7 Å². The molecule has 0 aromatic heterocycles. The van der Waals surface area contributed by atoms with Crippen LogP contribution in [0.2, 0.25) is 0 Å². The predicted octanol–water partition coefficient (Wildman–Crippen LogP) is 6.35. The van der Waals surface area contributed by atoms with Crippen LogP contribution in [0.4, 0.5) is 35.1 Å². The first-order valence-corrected chi connectivity index (χ1v) is 40.7. The minimum atomic E-state index is -5.22. The van der Waals surface area contributed by atoms with Crippen molar-refractivity contribution in [3.05, 3.63) is 0 Å². The Kier molecular flexibility index (Phi) is 30.3. The van der Waals surface area contributed by atoms with Crippen LogP contribution in [-0.2, 0) is 67.0 Å². The molecule has 0 radical (unpaired) electrons. The molecule has 5 aliphatic carbocycles. The first-order chi connectivity index (χ1) is 52.7. The number of nitrogens with one attached hydrogen (secondary N) is 3. The molecule has 12 atom stereocenters. The van der Waals surface area contributed by atoms with Crippen LogP contribution in [0.25, 0.3) is 0 Å². The fraction of sp³-hybridized carbons (Fsp3) is 0.846. The van der Waals surface area contributed by atoms with Gasteiger partial charge in [-0.15, -0.1) is 0 Å². The van der Waals surface area contributed by atoms with Crippen molar-refractivity contribution in [3.8, 4) is 0 Å². The molecule has 12 amide bonds. The normalized spacial score (nSPS) is 32.5. The number of nitrogens with zero attached hydrogens (tertiary/aromatic N) is 9. The van der Waals surface area contributed by atoms with E-state index in [1.54, 1.807) is 13.8 Å². The molecule has 1 spiro atoms. The van der Waals surface area contributed by atoms with Crippen LogP contribution in [0.5, 0.6) is 0 Å². The molecule has 112 heavy (non-hydrogen) atoms. The lowest BCUT2D eigenvalue weighted by Crippen LogP contribution is -2.68. The molecule has 26 nitrogen and oxygen atoms in total. The first kappa shape index (κ1) is 88.9. The largest absolute Gasteiger partial charge is 0.397 e. The van der Waals surface area contributed by atoms with Crippen molar-refractivity contribution >= 4 is 70.9 Å². The highest BCUT2D eigenvalue weighted by molar-refractivity contribution is 6.01. The molecule has 4 saturated heterocycles. The Morgan fingerprint density at radius 2 is 1.21 bits per heavy atom. The average Bonchev–Trinajstić information content (AvgIpc) is 1.12. The second-order valence-corrected chi connectivity index (χ2v) is 34.2. The Hall–Kier alpha value is -7.00. The summed E-state index contributed by atoms with van der Waals surface area (Å²) >= 11 is 0. The van der Waals surface area contributed by atoms with Gasteiger partial charge in [0.2, 0.25) is 70.9 Å². The van der Waals surface area contributed by atoms with E-state index in [-0.39, 0.29) is 135 Å². The summed E-state index contributed by atoms with van der Waals surface area (Å²) in [4.78, 5) is 194. The maximum atomic E-state index is 15.8. The van der Waals surface area contributed by atoms with Gasteiger partial charge in [0.25, 0.3) is 0 Å². The van der Waals surface area contributed by atoms with Gasteiger partial charge in [-0.2, -0.15) is 26.3 Å². The summed E-state index contributed by atoms with van der Waals surface area (Å²) in [6.45, 7) is 6.09. The third-order valence-electron chi connectivity index (χ3n) is 25.7. The number of morpholine rings is 1. The maximum absolute atomic E-state index is 15.8. The topological polar surface area (TPSA) is 289 Å². The smallest absolute Gasteiger partial charge is 0.378 e. The van der Waals surface area contributed by atoms with Crippen molar-refractivity contribution in [2.45, 2.75) is 273 Å². The summed E-state index contributed by atoms with van der Waals surface area (Å²) in [5.41, 5.74) is -1.69. The highest BCUT2D eigenvalue weighted by Crippen LogP contribution is 2.46.